The lowest BCUT2D eigenvalue weighted by Crippen LogP contribution is -2.24. The average molecular weight is 116 g/mol. The van der Waals surface area contributed by atoms with Crippen molar-refractivity contribution in [3.8, 4) is 0 Å². The van der Waals surface area contributed by atoms with Crippen LogP contribution in [0.2, 0.25) is 0 Å². The van der Waals surface area contributed by atoms with Gasteiger partial charge in [0.1, 0.15) is 0 Å². The predicted octanol–water partition coefficient (Wildman–Crippen LogP) is 2.07. The number of hydrogen-bond donors (Lipinski definition) is 0. The fraction of sp³-hybridized carbons (Fsp3) is 1.00. The minimum absolute atomic E-state index is 0.286. The van der Waals surface area contributed by atoms with Crippen LogP contribution < -0.4 is 0 Å². The first-order valence-corrected chi connectivity index (χ1v) is 3.01. The second-order valence-electron chi connectivity index (χ2n) is 3.24. The number of methoxy groups -OCH3 is 1. The standard InChI is InChI=1S/C7H16O/c1-6(8-5)7(2,3)4/h6H,1-5H3/t6-/m0/s1. The van der Waals surface area contributed by atoms with Crippen LogP contribution in [0.15, 0.2) is 0 Å². The summed E-state index contributed by atoms with van der Waals surface area (Å²) >= 11 is 0. The summed E-state index contributed by atoms with van der Waals surface area (Å²) in [7, 11) is 1.75. The molecule has 0 radical (unpaired) electrons. The third kappa shape index (κ3) is 2.31. The maximum Gasteiger partial charge on any atom is 0.0591 e. The van der Waals surface area contributed by atoms with Crippen molar-refractivity contribution in [3.05, 3.63) is 0 Å². The van der Waals surface area contributed by atoms with Crippen LogP contribution in [0.4, 0.5) is 0 Å². The fourth-order valence-corrected chi connectivity index (χ4v) is 0.354. The van der Waals surface area contributed by atoms with Crippen molar-refractivity contribution >= 4 is 0 Å². The van der Waals surface area contributed by atoms with Crippen molar-refractivity contribution in [1.29, 1.82) is 0 Å². The maximum atomic E-state index is 5.11. The summed E-state index contributed by atoms with van der Waals surface area (Å²) in [5.74, 6) is 0. The van der Waals surface area contributed by atoms with Crippen molar-refractivity contribution in [2.24, 2.45) is 5.41 Å². The smallest absolute Gasteiger partial charge is 0.0591 e. The molecule has 0 spiro atoms. The van der Waals surface area contributed by atoms with Gasteiger partial charge in [-0.15, -0.1) is 0 Å². The molecule has 0 saturated heterocycles. The van der Waals surface area contributed by atoms with E-state index < -0.39 is 0 Å². The Morgan fingerprint density at radius 2 is 1.62 bits per heavy atom. The highest BCUT2D eigenvalue weighted by Crippen LogP contribution is 2.20. The molecule has 50 valence electrons. The van der Waals surface area contributed by atoms with Crippen LogP contribution in [-0.4, -0.2) is 13.2 Å². The molecule has 0 bridgehead atoms. The molecule has 0 aromatic heterocycles. The molecule has 0 heterocycles. The molecule has 8 heavy (non-hydrogen) atoms. The van der Waals surface area contributed by atoms with Crippen molar-refractivity contribution < 1.29 is 4.74 Å². The van der Waals surface area contributed by atoms with Gasteiger partial charge in [0.05, 0.1) is 6.10 Å². The molecule has 0 aromatic rings. The largest absolute Gasteiger partial charge is 0.381 e. The van der Waals surface area contributed by atoms with E-state index >= 15 is 0 Å². The predicted molar refractivity (Wildman–Crippen MR) is 35.9 cm³/mol. The third-order valence-electron chi connectivity index (χ3n) is 1.57. The van der Waals surface area contributed by atoms with Gasteiger partial charge in [-0.25, -0.2) is 0 Å². The van der Waals surface area contributed by atoms with E-state index in [4.69, 9.17) is 4.74 Å². The van der Waals surface area contributed by atoms with Gasteiger partial charge in [-0.1, -0.05) is 20.8 Å². The summed E-state index contributed by atoms with van der Waals surface area (Å²) in [6, 6.07) is 0. The Labute approximate surface area is 52.0 Å². The molecule has 1 nitrogen and oxygen atoms in total. The molecule has 0 fully saturated rings. The lowest BCUT2D eigenvalue weighted by atomic mass is 9.90. The molecular weight excluding hydrogens is 100 g/mol. The van der Waals surface area contributed by atoms with Crippen molar-refractivity contribution in [3.63, 3.8) is 0 Å². The quantitative estimate of drug-likeness (QED) is 0.509. The lowest BCUT2D eigenvalue weighted by Gasteiger charge is -2.25. The molecular formula is C7H16O. The van der Waals surface area contributed by atoms with Crippen LogP contribution in [-0.2, 0) is 4.74 Å². The summed E-state index contributed by atoms with van der Waals surface area (Å²) in [5, 5.41) is 0. The molecule has 0 N–H and O–H groups in total. The van der Waals surface area contributed by atoms with E-state index in [2.05, 4.69) is 27.7 Å². The molecule has 0 aliphatic rings. The van der Waals surface area contributed by atoms with Crippen LogP contribution in [0.1, 0.15) is 27.7 Å². The molecule has 0 aliphatic heterocycles. The summed E-state index contributed by atoms with van der Waals surface area (Å²) in [5.41, 5.74) is 0.286. The Hall–Kier alpha value is -0.0400. The van der Waals surface area contributed by atoms with E-state index in [1.807, 2.05) is 0 Å². The Morgan fingerprint density at radius 1 is 1.25 bits per heavy atom. The summed E-state index contributed by atoms with van der Waals surface area (Å²) in [6.07, 6.45) is 0.350. The fourth-order valence-electron chi connectivity index (χ4n) is 0.354. The first-order valence-electron chi connectivity index (χ1n) is 3.01. The number of hydrogen-bond acceptors (Lipinski definition) is 1. The minimum atomic E-state index is 0.286. The van der Waals surface area contributed by atoms with Crippen molar-refractivity contribution in [2.75, 3.05) is 7.11 Å². The Kier molecular flexibility index (Phi) is 2.48. The Morgan fingerprint density at radius 3 is 1.62 bits per heavy atom. The Balaban J connectivity index is 3.62. The first-order chi connectivity index (χ1) is 3.48. The molecule has 1 atom stereocenters. The van der Waals surface area contributed by atoms with Gasteiger partial charge in [-0.05, 0) is 12.3 Å². The van der Waals surface area contributed by atoms with E-state index in [9.17, 15) is 0 Å². The SMILES string of the molecule is CO[C@@H](C)C(C)(C)C. The molecule has 0 saturated carbocycles. The topological polar surface area (TPSA) is 9.23 Å². The van der Waals surface area contributed by atoms with Crippen LogP contribution >= 0.6 is 0 Å². The third-order valence-corrected chi connectivity index (χ3v) is 1.57. The summed E-state index contributed by atoms with van der Waals surface area (Å²) < 4.78 is 5.11. The molecule has 0 amide bonds. The second kappa shape index (κ2) is 2.49. The van der Waals surface area contributed by atoms with Crippen LogP contribution in [0.5, 0.6) is 0 Å². The normalized spacial score (nSPS) is 16.1. The lowest BCUT2D eigenvalue weighted by molar-refractivity contribution is 0.0314. The average Bonchev–Trinajstić information content (AvgIpc) is 1.62. The molecule has 0 rings (SSSR count). The van der Waals surface area contributed by atoms with Gasteiger partial charge in [-0.3, -0.25) is 0 Å². The van der Waals surface area contributed by atoms with Gasteiger partial charge < -0.3 is 4.74 Å². The zero-order chi connectivity index (χ0) is 6.78. The Bertz CT molecular complexity index is 61.3. The highest BCUT2D eigenvalue weighted by atomic mass is 16.5. The number of ether oxygens (including phenoxy) is 1. The minimum Gasteiger partial charge on any atom is -0.381 e. The highest BCUT2D eigenvalue weighted by Gasteiger charge is 2.18. The summed E-state index contributed by atoms with van der Waals surface area (Å²) in [6.45, 7) is 8.59. The van der Waals surface area contributed by atoms with E-state index in [-0.39, 0.29) is 5.41 Å². The monoisotopic (exact) mass is 116 g/mol. The number of rotatable bonds is 1. The molecule has 1 heteroatoms. The zero-order valence-electron chi connectivity index (χ0n) is 6.49. The van der Waals surface area contributed by atoms with Crippen LogP contribution in [0, 0.1) is 5.41 Å². The molecule has 0 unspecified atom stereocenters. The maximum absolute atomic E-state index is 5.11. The van der Waals surface area contributed by atoms with Crippen LogP contribution in [0.25, 0.3) is 0 Å². The van der Waals surface area contributed by atoms with E-state index in [0.717, 1.165) is 0 Å². The van der Waals surface area contributed by atoms with E-state index in [0.29, 0.717) is 6.10 Å². The first kappa shape index (κ1) is 7.96. The van der Waals surface area contributed by atoms with Crippen molar-refractivity contribution in [1.82, 2.24) is 0 Å². The van der Waals surface area contributed by atoms with Gasteiger partial charge in [0.2, 0.25) is 0 Å². The van der Waals surface area contributed by atoms with Gasteiger partial charge in [0.15, 0.2) is 0 Å². The van der Waals surface area contributed by atoms with E-state index in [1.54, 1.807) is 7.11 Å². The summed E-state index contributed by atoms with van der Waals surface area (Å²) in [4.78, 5) is 0. The van der Waals surface area contributed by atoms with Gasteiger partial charge in [0, 0.05) is 7.11 Å². The molecule has 0 aromatic carbocycles. The molecule has 0 aliphatic carbocycles. The highest BCUT2D eigenvalue weighted by molar-refractivity contribution is 4.68. The van der Waals surface area contributed by atoms with Crippen LogP contribution in [0.3, 0.4) is 0 Å². The zero-order valence-corrected chi connectivity index (χ0v) is 6.49. The second-order valence-corrected chi connectivity index (χ2v) is 3.24. The van der Waals surface area contributed by atoms with Gasteiger partial charge >= 0.3 is 0 Å². The van der Waals surface area contributed by atoms with Crippen molar-refractivity contribution in [2.45, 2.75) is 33.8 Å². The van der Waals surface area contributed by atoms with E-state index in [1.165, 1.54) is 0 Å². The van der Waals surface area contributed by atoms with Gasteiger partial charge in [0.25, 0.3) is 0 Å². The van der Waals surface area contributed by atoms with Gasteiger partial charge in [-0.2, -0.15) is 0 Å².